The van der Waals surface area contributed by atoms with Crippen LogP contribution in [-0.4, -0.2) is 38.7 Å². The molecule has 1 atom stereocenters. The Morgan fingerprint density at radius 2 is 2.05 bits per heavy atom. The van der Waals surface area contributed by atoms with Gasteiger partial charge in [0.05, 0.1) is 0 Å². The van der Waals surface area contributed by atoms with E-state index >= 15 is 0 Å². The molecule has 0 saturated heterocycles. The highest BCUT2D eigenvalue weighted by molar-refractivity contribution is 7.99. The van der Waals surface area contributed by atoms with E-state index in [2.05, 4.69) is 15.3 Å². The van der Waals surface area contributed by atoms with E-state index in [9.17, 15) is 9.59 Å². The lowest BCUT2D eigenvalue weighted by molar-refractivity contribution is -0.140. The van der Waals surface area contributed by atoms with Gasteiger partial charge in [-0.05, 0) is 18.9 Å². The van der Waals surface area contributed by atoms with Crippen LogP contribution < -0.4 is 5.32 Å². The van der Waals surface area contributed by atoms with Crippen LogP contribution in [0, 0.1) is 6.92 Å². The highest BCUT2D eigenvalue weighted by atomic mass is 32.2. The van der Waals surface area contributed by atoms with Gasteiger partial charge in [-0.15, -0.1) is 0 Å². The number of hydrogen-bond donors (Lipinski definition) is 2. The minimum Gasteiger partial charge on any atom is -0.480 e. The zero-order valence-electron chi connectivity index (χ0n) is 12.0. The SMILES string of the molecule is CC(=O)N[C@@H](CSc1nc(C)cc(C(C)C)n1)C(=O)O. The van der Waals surface area contributed by atoms with Gasteiger partial charge in [0.2, 0.25) is 5.91 Å². The molecule has 110 valence electrons. The molecule has 1 rings (SSSR count). The van der Waals surface area contributed by atoms with Crippen molar-refractivity contribution in [3.05, 3.63) is 17.5 Å². The van der Waals surface area contributed by atoms with Crippen molar-refractivity contribution in [3.8, 4) is 0 Å². The largest absolute Gasteiger partial charge is 0.480 e. The number of amides is 1. The number of carbonyl (C=O) groups is 2. The average Bonchev–Trinajstić information content (AvgIpc) is 2.33. The Labute approximate surface area is 122 Å². The summed E-state index contributed by atoms with van der Waals surface area (Å²) in [5.41, 5.74) is 1.77. The van der Waals surface area contributed by atoms with Crippen LogP contribution >= 0.6 is 11.8 Å². The molecule has 0 radical (unpaired) electrons. The van der Waals surface area contributed by atoms with Gasteiger partial charge in [0.15, 0.2) is 5.16 Å². The molecule has 1 aromatic rings. The number of hydrogen-bond acceptors (Lipinski definition) is 5. The molecule has 0 spiro atoms. The molecule has 0 aliphatic rings. The number of carboxylic acids is 1. The number of thioether (sulfide) groups is 1. The van der Waals surface area contributed by atoms with Gasteiger partial charge in [-0.3, -0.25) is 4.79 Å². The van der Waals surface area contributed by atoms with Gasteiger partial charge in [-0.2, -0.15) is 0 Å². The lowest BCUT2D eigenvalue weighted by Crippen LogP contribution is -2.41. The zero-order chi connectivity index (χ0) is 15.3. The first kappa shape index (κ1) is 16.4. The summed E-state index contributed by atoms with van der Waals surface area (Å²) in [6.45, 7) is 7.24. The molecule has 0 bridgehead atoms. The fraction of sp³-hybridized carbons (Fsp3) is 0.538. The van der Waals surface area contributed by atoms with E-state index in [0.29, 0.717) is 5.16 Å². The van der Waals surface area contributed by atoms with Crippen LogP contribution in [0.5, 0.6) is 0 Å². The molecule has 1 heterocycles. The Morgan fingerprint density at radius 3 is 2.55 bits per heavy atom. The van der Waals surface area contributed by atoms with Crippen molar-refractivity contribution in [2.24, 2.45) is 0 Å². The van der Waals surface area contributed by atoms with Gasteiger partial charge < -0.3 is 10.4 Å². The van der Waals surface area contributed by atoms with Gasteiger partial charge in [0.1, 0.15) is 6.04 Å². The maximum Gasteiger partial charge on any atom is 0.327 e. The summed E-state index contributed by atoms with van der Waals surface area (Å²) in [6.07, 6.45) is 0. The summed E-state index contributed by atoms with van der Waals surface area (Å²) >= 11 is 1.23. The van der Waals surface area contributed by atoms with E-state index in [1.807, 2.05) is 26.8 Å². The van der Waals surface area contributed by atoms with Crippen LogP contribution in [0.1, 0.15) is 38.1 Å². The van der Waals surface area contributed by atoms with Crippen molar-refractivity contribution in [3.63, 3.8) is 0 Å². The van der Waals surface area contributed by atoms with Crippen LogP contribution in [0.3, 0.4) is 0 Å². The first-order chi connectivity index (χ1) is 9.29. The number of aliphatic carboxylic acids is 1. The summed E-state index contributed by atoms with van der Waals surface area (Å²) in [7, 11) is 0. The van der Waals surface area contributed by atoms with Crippen molar-refractivity contribution >= 4 is 23.6 Å². The third-order valence-electron chi connectivity index (χ3n) is 2.50. The monoisotopic (exact) mass is 297 g/mol. The molecule has 1 aromatic heterocycles. The molecule has 20 heavy (non-hydrogen) atoms. The summed E-state index contributed by atoms with van der Waals surface area (Å²) in [6, 6.07) is 0.973. The van der Waals surface area contributed by atoms with Crippen LogP contribution in [0.2, 0.25) is 0 Å². The van der Waals surface area contributed by atoms with Crippen LogP contribution in [-0.2, 0) is 9.59 Å². The van der Waals surface area contributed by atoms with Gasteiger partial charge in [0, 0.05) is 24.1 Å². The number of nitrogens with one attached hydrogen (secondary N) is 1. The van der Waals surface area contributed by atoms with Crippen molar-refractivity contribution < 1.29 is 14.7 Å². The molecule has 0 aliphatic carbocycles. The molecule has 0 aromatic carbocycles. The molecule has 1 amide bonds. The second-order valence-corrected chi connectivity index (χ2v) is 5.76. The Kier molecular flexibility index (Phi) is 5.94. The first-order valence-corrected chi connectivity index (χ1v) is 7.26. The Bertz CT molecular complexity index is 506. The van der Waals surface area contributed by atoms with Crippen molar-refractivity contribution in [1.29, 1.82) is 0 Å². The highest BCUT2D eigenvalue weighted by Gasteiger charge is 2.19. The molecule has 2 N–H and O–H groups in total. The van der Waals surface area contributed by atoms with Gasteiger partial charge in [0.25, 0.3) is 0 Å². The number of carboxylic acid groups (broad SMARTS) is 1. The predicted molar refractivity (Wildman–Crippen MR) is 76.8 cm³/mol. The van der Waals surface area contributed by atoms with Gasteiger partial charge >= 0.3 is 5.97 Å². The topological polar surface area (TPSA) is 92.2 Å². The molecule has 7 heteroatoms. The van der Waals surface area contributed by atoms with E-state index in [-0.39, 0.29) is 17.6 Å². The number of aryl methyl sites for hydroxylation is 1. The molecule has 0 fully saturated rings. The third kappa shape index (κ3) is 5.16. The Balaban J connectivity index is 2.77. The summed E-state index contributed by atoms with van der Waals surface area (Å²) in [4.78, 5) is 30.6. The standard InChI is InChI=1S/C13H19N3O3S/c1-7(2)10-5-8(3)14-13(16-10)20-6-11(12(18)19)15-9(4)17/h5,7,11H,6H2,1-4H3,(H,15,17)(H,18,19)/t11-/m0/s1. The summed E-state index contributed by atoms with van der Waals surface area (Å²) in [5, 5.41) is 11.9. The highest BCUT2D eigenvalue weighted by Crippen LogP contribution is 2.19. The lowest BCUT2D eigenvalue weighted by atomic mass is 10.1. The van der Waals surface area contributed by atoms with Crippen molar-refractivity contribution in [2.75, 3.05) is 5.75 Å². The third-order valence-corrected chi connectivity index (χ3v) is 3.44. The van der Waals surface area contributed by atoms with Gasteiger partial charge in [-0.25, -0.2) is 14.8 Å². The normalized spacial score (nSPS) is 12.2. The minimum atomic E-state index is -1.07. The second-order valence-electron chi connectivity index (χ2n) is 4.77. The van der Waals surface area contributed by atoms with E-state index in [4.69, 9.17) is 5.11 Å². The van der Waals surface area contributed by atoms with E-state index in [1.165, 1.54) is 18.7 Å². The molecule has 0 saturated carbocycles. The fourth-order valence-electron chi connectivity index (χ4n) is 1.50. The summed E-state index contributed by atoms with van der Waals surface area (Å²) in [5.74, 6) is -0.965. The predicted octanol–water partition coefficient (Wildman–Crippen LogP) is 1.59. The van der Waals surface area contributed by atoms with Crippen molar-refractivity contribution in [2.45, 2.75) is 44.8 Å². The zero-order valence-corrected chi connectivity index (χ0v) is 12.8. The van der Waals surface area contributed by atoms with Crippen LogP contribution in [0.15, 0.2) is 11.2 Å². The smallest absolute Gasteiger partial charge is 0.327 e. The van der Waals surface area contributed by atoms with Crippen LogP contribution in [0.4, 0.5) is 0 Å². The van der Waals surface area contributed by atoms with E-state index < -0.39 is 12.0 Å². The second kappa shape index (κ2) is 7.23. The maximum absolute atomic E-state index is 11.0. The van der Waals surface area contributed by atoms with E-state index in [0.717, 1.165) is 11.4 Å². The summed E-state index contributed by atoms with van der Waals surface area (Å²) < 4.78 is 0. The van der Waals surface area contributed by atoms with Crippen LogP contribution in [0.25, 0.3) is 0 Å². The molecule has 0 unspecified atom stereocenters. The van der Waals surface area contributed by atoms with E-state index in [1.54, 1.807) is 0 Å². The maximum atomic E-state index is 11.0. The Hall–Kier alpha value is -1.63. The first-order valence-electron chi connectivity index (χ1n) is 6.28. The quantitative estimate of drug-likeness (QED) is 0.612. The molecule has 6 nitrogen and oxygen atoms in total. The fourth-order valence-corrected chi connectivity index (χ4v) is 2.42. The number of carbonyl (C=O) groups excluding carboxylic acids is 1. The molecular weight excluding hydrogens is 278 g/mol. The molecular formula is C13H19N3O3S. The lowest BCUT2D eigenvalue weighted by Gasteiger charge is -2.13. The number of aromatic nitrogens is 2. The number of rotatable bonds is 6. The molecule has 0 aliphatic heterocycles. The number of nitrogens with zero attached hydrogens (tertiary/aromatic N) is 2. The Morgan fingerprint density at radius 1 is 1.40 bits per heavy atom. The van der Waals surface area contributed by atoms with Gasteiger partial charge in [-0.1, -0.05) is 25.6 Å². The minimum absolute atomic E-state index is 0.190. The van der Waals surface area contributed by atoms with Crippen molar-refractivity contribution in [1.82, 2.24) is 15.3 Å². The average molecular weight is 297 g/mol.